The number of nitrogens with one attached hydrogen (secondary N) is 1. The Morgan fingerprint density at radius 3 is 2.47 bits per heavy atom. The van der Waals surface area contributed by atoms with Crippen molar-refractivity contribution in [3.63, 3.8) is 0 Å². The number of nitrogens with zero attached hydrogens (tertiary/aromatic N) is 1. The smallest absolute Gasteiger partial charge is 0.194 e. The average molecular weight is 282 g/mol. The lowest BCUT2D eigenvalue weighted by molar-refractivity contribution is 0.447. The largest absolute Gasteiger partial charge is 0.343 e. The fourth-order valence-electron chi connectivity index (χ4n) is 2.29. The van der Waals surface area contributed by atoms with Gasteiger partial charge in [0.05, 0.1) is 0 Å². The first-order valence-electron chi connectivity index (χ1n) is 5.83. The minimum atomic E-state index is -1.48. The molecule has 0 saturated heterocycles. The van der Waals surface area contributed by atoms with E-state index < -0.39 is 17.5 Å². The molecule has 1 aromatic carbocycles. The number of H-pyrrole nitrogens is 1. The highest BCUT2D eigenvalue weighted by Crippen LogP contribution is 2.25. The lowest BCUT2D eigenvalue weighted by atomic mass is 10.1. The van der Waals surface area contributed by atoms with Crippen LogP contribution in [0.1, 0.15) is 17.7 Å². The van der Waals surface area contributed by atoms with E-state index >= 15 is 0 Å². The summed E-state index contributed by atoms with van der Waals surface area (Å²) in [5, 5.41) is 0. The molecular formula is C13H9F3N2S. The Balaban J connectivity index is 2.18. The minimum absolute atomic E-state index is 0.150. The van der Waals surface area contributed by atoms with Crippen LogP contribution in [0, 0.1) is 22.1 Å². The topological polar surface area (TPSA) is 28.7 Å². The van der Waals surface area contributed by atoms with E-state index in [1.807, 2.05) is 0 Å². The number of hydrogen-bond acceptors (Lipinski definition) is 2. The highest BCUT2D eigenvalue weighted by molar-refractivity contribution is 7.71. The summed E-state index contributed by atoms with van der Waals surface area (Å²) in [6, 6.07) is 1.82. The van der Waals surface area contributed by atoms with Gasteiger partial charge in [-0.15, -0.1) is 0 Å². The molecule has 98 valence electrons. The van der Waals surface area contributed by atoms with Crippen molar-refractivity contribution in [1.29, 1.82) is 0 Å². The van der Waals surface area contributed by atoms with E-state index in [1.165, 1.54) is 0 Å². The van der Waals surface area contributed by atoms with Crippen LogP contribution in [0.4, 0.5) is 13.2 Å². The molecule has 1 aromatic heterocycles. The fourth-order valence-corrected chi connectivity index (χ4v) is 2.60. The van der Waals surface area contributed by atoms with Crippen LogP contribution in [0.5, 0.6) is 0 Å². The van der Waals surface area contributed by atoms with Gasteiger partial charge in [0.1, 0.15) is 10.5 Å². The van der Waals surface area contributed by atoms with Gasteiger partial charge in [0.25, 0.3) is 0 Å². The molecule has 19 heavy (non-hydrogen) atoms. The summed E-state index contributed by atoms with van der Waals surface area (Å²) in [5.74, 6) is -3.69. The van der Waals surface area contributed by atoms with Crippen LogP contribution in [0.15, 0.2) is 12.1 Å². The van der Waals surface area contributed by atoms with Crippen LogP contribution in [-0.4, -0.2) is 9.97 Å². The number of aromatic nitrogens is 2. The van der Waals surface area contributed by atoms with Crippen LogP contribution in [-0.2, 0) is 12.8 Å². The van der Waals surface area contributed by atoms with Gasteiger partial charge >= 0.3 is 0 Å². The van der Waals surface area contributed by atoms with Crippen LogP contribution < -0.4 is 0 Å². The Morgan fingerprint density at radius 2 is 1.79 bits per heavy atom. The van der Waals surface area contributed by atoms with Crippen LogP contribution in [0.3, 0.4) is 0 Å². The van der Waals surface area contributed by atoms with Crippen molar-refractivity contribution >= 4 is 12.2 Å². The van der Waals surface area contributed by atoms with Crippen LogP contribution in [0.25, 0.3) is 11.4 Å². The molecule has 3 rings (SSSR count). The number of aromatic amines is 1. The Bertz CT molecular complexity index is 701. The molecule has 1 aliphatic carbocycles. The second-order valence-corrected chi connectivity index (χ2v) is 4.84. The number of aryl methyl sites for hydroxylation is 1. The molecule has 0 saturated carbocycles. The van der Waals surface area contributed by atoms with Crippen molar-refractivity contribution in [2.45, 2.75) is 19.3 Å². The molecular weight excluding hydrogens is 273 g/mol. The Morgan fingerprint density at radius 1 is 1.11 bits per heavy atom. The molecule has 1 N–H and O–H groups in total. The van der Waals surface area contributed by atoms with E-state index in [9.17, 15) is 13.2 Å². The molecule has 1 aliphatic rings. The predicted molar refractivity (Wildman–Crippen MR) is 66.8 cm³/mol. The van der Waals surface area contributed by atoms with Crippen LogP contribution in [0.2, 0.25) is 0 Å². The first-order valence-corrected chi connectivity index (χ1v) is 6.24. The zero-order valence-electron chi connectivity index (χ0n) is 9.77. The molecule has 0 spiro atoms. The molecule has 0 bridgehead atoms. The summed E-state index contributed by atoms with van der Waals surface area (Å²) in [4.78, 5) is 7.15. The molecule has 0 unspecified atom stereocenters. The highest BCUT2D eigenvalue weighted by atomic mass is 32.1. The van der Waals surface area contributed by atoms with Gasteiger partial charge in [-0.1, -0.05) is 12.2 Å². The first kappa shape index (κ1) is 12.3. The molecule has 0 amide bonds. The van der Waals surface area contributed by atoms with Crippen molar-refractivity contribution < 1.29 is 13.2 Å². The lowest BCUT2D eigenvalue weighted by Gasteiger charge is -2.06. The van der Waals surface area contributed by atoms with Crippen molar-refractivity contribution in [3.05, 3.63) is 45.5 Å². The Labute approximate surface area is 112 Å². The maximum Gasteiger partial charge on any atom is 0.194 e. The van der Waals surface area contributed by atoms with Gasteiger partial charge in [-0.3, -0.25) is 0 Å². The van der Waals surface area contributed by atoms with E-state index in [0.29, 0.717) is 4.64 Å². The second kappa shape index (κ2) is 4.45. The lowest BCUT2D eigenvalue weighted by Crippen LogP contribution is -1.99. The molecule has 0 fully saturated rings. The van der Waals surface area contributed by atoms with Gasteiger partial charge in [0.15, 0.2) is 17.5 Å². The Kier molecular flexibility index (Phi) is 2.89. The van der Waals surface area contributed by atoms with E-state index in [2.05, 4.69) is 9.97 Å². The third-order valence-corrected chi connectivity index (χ3v) is 3.55. The summed E-state index contributed by atoms with van der Waals surface area (Å²) < 4.78 is 39.8. The van der Waals surface area contributed by atoms with Crippen molar-refractivity contribution in [2.24, 2.45) is 0 Å². The standard InChI is InChI=1S/C13H9F3N2S/c14-8-4-6(5-9(15)11(8)16)12-17-10-3-1-2-7(10)13(19)18-12/h4-5H,1-3H2,(H,17,18,19). The SMILES string of the molecule is Fc1cc(-c2nc(=S)c3c([nH]2)CCC3)cc(F)c1F. The average Bonchev–Trinajstić information content (AvgIpc) is 2.84. The van der Waals surface area contributed by atoms with Gasteiger partial charge in [-0.2, -0.15) is 0 Å². The van der Waals surface area contributed by atoms with E-state index in [0.717, 1.165) is 42.7 Å². The van der Waals surface area contributed by atoms with Gasteiger partial charge in [-0.05, 0) is 31.4 Å². The quantitative estimate of drug-likeness (QED) is 0.638. The predicted octanol–water partition coefficient (Wildman–Crippen LogP) is 3.71. The maximum atomic E-state index is 13.2. The van der Waals surface area contributed by atoms with E-state index in [1.54, 1.807) is 0 Å². The highest BCUT2D eigenvalue weighted by Gasteiger charge is 2.17. The molecule has 6 heteroatoms. The summed E-state index contributed by atoms with van der Waals surface area (Å²) in [7, 11) is 0. The number of halogens is 3. The minimum Gasteiger partial charge on any atom is -0.343 e. The molecule has 0 atom stereocenters. The molecule has 2 nitrogen and oxygen atoms in total. The summed E-state index contributed by atoms with van der Waals surface area (Å²) in [6.45, 7) is 0. The van der Waals surface area contributed by atoms with Gasteiger partial charge in [0, 0.05) is 16.8 Å². The van der Waals surface area contributed by atoms with Crippen LogP contribution >= 0.6 is 12.2 Å². The third-order valence-electron chi connectivity index (χ3n) is 3.22. The molecule has 1 heterocycles. The zero-order valence-corrected chi connectivity index (χ0v) is 10.6. The molecule has 0 radical (unpaired) electrons. The second-order valence-electron chi connectivity index (χ2n) is 4.46. The van der Waals surface area contributed by atoms with Gasteiger partial charge in [0.2, 0.25) is 0 Å². The summed E-state index contributed by atoms with van der Waals surface area (Å²) in [6.07, 6.45) is 2.68. The van der Waals surface area contributed by atoms with Gasteiger partial charge in [-0.25, -0.2) is 18.2 Å². The molecule has 0 aliphatic heterocycles. The molecule has 2 aromatic rings. The fraction of sp³-hybridized carbons (Fsp3) is 0.231. The number of benzene rings is 1. The third kappa shape index (κ3) is 2.06. The van der Waals surface area contributed by atoms with E-state index in [4.69, 9.17) is 12.2 Å². The summed E-state index contributed by atoms with van der Waals surface area (Å²) >= 11 is 5.16. The van der Waals surface area contributed by atoms with Crippen molar-refractivity contribution in [3.8, 4) is 11.4 Å². The number of hydrogen-bond donors (Lipinski definition) is 1. The Hall–Kier alpha value is -1.69. The first-order chi connectivity index (χ1) is 9.06. The van der Waals surface area contributed by atoms with Crippen molar-refractivity contribution in [2.75, 3.05) is 0 Å². The summed E-state index contributed by atoms with van der Waals surface area (Å²) in [5.41, 5.74) is 2.08. The maximum absolute atomic E-state index is 13.2. The van der Waals surface area contributed by atoms with Gasteiger partial charge < -0.3 is 4.98 Å². The normalized spacial score (nSPS) is 13.6. The number of fused-ring (bicyclic) bond motifs is 1. The zero-order chi connectivity index (χ0) is 13.6. The monoisotopic (exact) mass is 282 g/mol. The van der Waals surface area contributed by atoms with Crippen molar-refractivity contribution in [1.82, 2.24) is 9.97 Å². The number of rotatable bonds is 1. The van der Waals surface area contributed by atoms with E-state index in [-0.39, 0.29) is 11.4 Å².